The zero-order valence-corrected chi connectivity index (χ0v) is 10.7. The molecule has 4 heteroatoms. The van der Waals surface area contributed by atoms with E-state index in [1.165, 1.54) is 19.4 Å². The summed E-state index contributed by atoms with van der Waals surface area (Å²) in [5, 5.41) is 13.5. The van der Waals surface area contributed by atoms with Gasteiger partial charge in [-0.3, -0.25) is 0 Å². The van der Waals surface area contributed by atoms with Crippen LogP contribution >= 0.6 is 22.9 Å². The Bertz CT molecular complexity index is 394. The molecule has 2 aliphatic heterocycles. The van der Waals surface area contributed by atoms with E-state index in [2.05, 4.69) is 4.90 Å². The maximum atomic E-state index is 10.8. The number of piperidine rings is 1. The predicted octanol–water partition coefficient (Wildman–Crippen LogP) is 2.85. The lowest BCUT2D eigenvalue weighted by molar-refractivity contribution is -0.0380. The fourth-order valence-corrected chi connectivity index (χ4v) is 4.45. The van der Waals surface area contributed by atoms with Crippen LogP contribution in [0.5, 0.6) is 0 Å². The fourth-order valence-electron chi connectivity index (χ4n) is 3.07. The summed E-state index contributed by atoms with van der Waals surface area (Å²) in [5.41, 5.74) is -0.670. The quantitative estimate of drug-likeness (QED) is 0.836. The summed E-state index contributed by atoms with van der Waals surface area (Å²) < 4.78 is 0. The van der Waals surface area contributed by atoms with E-state index in [0.717, 1.165) is 29.3 Å². The number of fused-ring (bicyclic) bond motifs is 1. The van der Waals surface area contributed by atoms with Crippen molar-refractivity contribution in [2.45, 2.75) is 37.3 Å². The van der Waals surface area contributed by atoms with Gasteiger partial charge in [-0.05, 0) is 43.7 Å². The molecule has 0 aliphatic carbocycles. The van der Waals surface area contributed by atoms with Crippen LogP contribution in [0.15, 0.2) is 11.4 Å². The summed E-state index contributed by atoms with van der Waals surface area (Å²) in [7, 11) is 0. The monoisotopic (exact) mass is 257 g/mol. The number of nitrogens with zero attached hydrogens (tertiary/aromatic N) is 1. The molecule has 3 rings (SSSR count). The highest BCUT2D eigenvalue weighted by atomic mass is 35.5. The standard InChI is InChI=1S/C12H16ClNOS/c13-10-3-7-16-11(10)12(15)4-6-14-5-1-2-9(14)8-12/h3,7,9,15H,1-2,4-6,8H2. The minimum Gasteiger partial charge on any atom is -0.384 e. The first-order valence-electron chi connectivity index (χ1n) is 5.89. The molecular weight excluding hydrogens is 242 g/mol. The van der Waals surface area contributed by atoms with E-state index in [1.54, 1.807) is 11.3 Å². The molecule has 2 aliphatic rings. The minimum atomic E-state index is -0.670. The van der Waals surface area contributed by atoms with Gasteiger partial charge in [0.25, 0.3) is 0 Å². The van der Waals surface area contributed by atoms with Gasteiger partial charge in [0, 0.05) is 12.6 Å². The molecule has 2 atom stereocenters. The molecule has 2 nitrogen and oxygen atoms in total. The Morgan fingerprint density at radius 2 is 2.38 bits per heavy atom. The van der Waals surface area contributed by atoms with Crippen molar-refractivity contribution in [3.63, 3.8) is 0 Å². The lowest BCUT2D eigenvalue weighted by atomic mass is 9.85. The van der Waals surface area contributed by atoms with Crippen LogP contribution in [0.2, 0.25) is 5.02 Å². The highest BCUT2D eigenvalue weighted by Crippen LogP contribution is 2.43. The SMILES string of the molecule is OC1(c2sccc2Cl)CCN2CCCC2C1. The van der Waals surface area contributed by atoms with Crippen LogP contribution in [0.1, 0.15) is 30.6 Å². The van der Waals surface area contributed by atoms with Crippen molar-refractivity contribution < 1.29 is 5.11 Å². The summed E-state index contributed by atoms with van der Waals surface area (Å²) in [6, 6.07) is 2.46. The third-order valence-electron chi connectivity index (χ3n) is 3.92. The van der Waals surface area contributed by atoms with E-state index < -0.39 is 5.60 Å². The number of thiophene rings is 1. The molecule has 0 radical (unpaired) electrons. The lowest BCUT2D eigenvalue weighted by Crippen LogP contribution is -2.45. The molecule has 1 aromatic rings. The average molecular weight is 258 g/mol. The Morgan fingerprint density at radius 3 is 3.12 bits per heavy atom. The highest BCUT2D eigenvalue weighted by Gasteiger charge is 2.42. The topological polar surface area (TPSA) is 23.5 Å². The van der Waals surface area contributed by atoms with Crippen LogP contribution in [-0.2, 0) is 5.60 Å². The minimum absolute atomic E-state index is 0.567. The van der Waals surface area contributed by atoms with E-state index in [4.69, 9.17) is 11.6 Å². The van der Waals surface area contributed by atoms with E-state index in [1.807, 2.05) is 11.4 Å². The maximum absolute atomic E-state index is 10.8. The van der Waals surface area contributed by atoms with Crippen molar-refractivity contribution in [1.29, 1.82) is 0 Å². The van der Waals surface area contributed by atoms with Crippen molar-refractivity contribution in [1.82, 2.24) is 4.90 Å². The number of rotatable bonds is 1. The van der Waals surface area contributed by atoms with Gasteiger partial charge >= 0.3 is 0 Å². The summed E-state index contributed by atoms with van der Waals surface area (Å²) in [5.74, 6) is 0. The highest BCUT2D eigenvalue weighted by molar-refractivity contribution is 7.10. The zero-order valence-electron chi connectivity index (χ0n) is 9.16. The summed E-state index contributed by atoms with van der Waals surface area (Å²) in [4.78, 5) is 3.48. The Balaban J connectivity index is 1.86. The molecule has 0 bridgehead atoms. The van der Waals surface area contributed by atoms with Gasteiger partial charge in [-0.1, -0.05) is 11.6 Å². The van der Waals surface area contributed by atoms with Crippen LogP contribution in [0, 0.1) is 0 Å². The first kappa shape index (κ1) is 11.0. The molecule has 0 amide bonds. The van der Waals surface area contributed by atoms with Crippen LogP contribution in [0.25, 0.3) is 0 Å². The van der Waals surface area contributed by atoms with Crippen LogP contribution < -0.4 is 0 Å². The first-order chi connectivity index (χ1) is 7.69. The van der Waals surface area contributed by atoms with Gasteiger partial charge in [0.1, 0.15) is 5.60 Å². The third kappa shape index (κ3) is 1.70. The molecule has 0 saturated carbocycles. The Kier molecular flexibility index (Phi) is 2.75. The van der Waals surface area contributed by atoms with Crippen molar-refractivity contribution in [2.24, 2.45) is 0 Å². The van der Waals surface area contributed by atoms with Gasteiger partial charge in [0.05, 0.1) is 9.90 Å². The van der Waals surface area contributed by atoms with Crippen molar-refractivity contribution in [3.05, 3.63) is 21.3 Å². The second-order valence-corrected chi connectivity index (χ2v) is 6.24. The molecule has 2 fully saturated rings. The Morgan fingerprint density at radius 1 is 1.50 bits per heavy atom. The third-order valence-corrected chi connectivity index (χ3v) is 5.46. The van der Waals surface area contributed by atoms with Crippen molar-refractivity contribution >= 4 is 22.9 Å². The van der Waals surface area contributed by atoms with Gasteiger partial charge in [0.2, 0.25) is 0 Å². The molecule has 1 N–H and O–H groups in total. The number of hydrogen-bond donors (Lipinski definition) is 1. The molecule has 88 valence electrons. The smallest absolute Gasteiger partial charge is 0.103 e. The number of halogens is 1. The first-order valence-corrected chi connectivity index (χ1v) is 7.15. The van der Waals surface area contributed by atoms with E-state index in [-0.39, 0.29) is 0 Å². The summed E-state index contributed by atoms with van der Waals surface area (Å²) in [6.07, 6.45) is 4.18. The Labute approximate surface area is 105 Å². The van der Waals surface area contributed by atoms with Gasteiger partial charge in [-0.2, -0.15) is 0 Å². The van der Waals surface area contributed by atoms with Gasteiger partial charge in [-0.25, -0.2) is 0 Å². The Hall–Kier alpha value is -0.0900. The molecule has 1 aromatic heterocycles. The second kappa shape index (κ2) is 3.98. The lowest BCUT2D eigenvalue weighted by Gasteiger charge is -2.40. The van der Waals surface area contributed by atoms with Gasteiger partial charge < -0.3 is 10.0 Å². The zero-order chi connectivity index (χ0) is 11.2. The van der Waals surface area contributed by atoms with Crippen LogP contribution in [-0.4, -0.2) is 29.1 Å². The molecular formula is C12H16ClNOS. The molecule has 0 spiro atoms. The molecule has 2 saturated heterocycles. The molecule has 0 aromatic carbocycles. The second-order valence-electron chi connectivity index (χ2n) is 4.92. The molecule has 16 heavy (non-hydrogen) atoms. The van der Waals surface area contributed by atoms with E-state index in [0.29, 0.717) is 6.04 Å². The molecule has 2 unspecified atom stereocenters. The van der Waals surface area contributed by atoms with Crippen molar-refractivity contribution in [2.75, 3.05) is 13.1 Å². The number of hydrogen-bond acceptors (Lipinski definition) is 3. The summed E-state index contributed by atoms with van der Waals surface area (Å²) in [6.45, 7) is 2.22. The van der Waals surface area contributed by atoms with Crippen LogP contribution in [0.4, 0.5) is 0 Å². The predicted molar refractivity (Wildman–Crippen MR) is 67.1 cm³/mol. The van der Waals surface area contributed by atoms with Crippen LogP contribution in [0.3, 0.4) is 0 Å². The van der Waals surface area contributed by atoms with Gasteiger partial charge in [-0.15, -0.1) is 11.3 Å². The fraction of sp³-hybridized carbons (Fsp3) is 0.667. The number of aliphatic hydroxyl groups is 1. The maximum Gasteiger partial charge on any atom is 0.103 e. The van der Waals surface area contributed by atoms with Crippen molar-refractivity contribution in [3.8, 4) is 0 Å². The normalized spacial score (nSPS) is 35.2. The summed E-state index contributed by atoms with van der Waals surface area (Å²) >= 11 is 7.73. The average Bonchev–Trinajstić information content (AvgIpc) is 2.85. The largest absolute Gasteiger partial charge is 0.384 e. The molecule has 3 heterocycles. The van der Waals surface area contributed by atoms with E-state index >= 15 is 0 Å². The van der Waals surface area contributed by atoms with E-state index in [9.17, 15) is 5.11 Å². The van der Waals surface area contributed by atoms with Gasteiger partial charge in [0.15, 0.2) is 0 Å².